The highest BCUT2D eigenvalue weighted by molar-refractivity contribution is 6.30. The number of carbonyl (C=O) groups is 3. The molecule has 1 saturated heterocycles. The molecule has 1 aromatic carbocycles. The lowest BCUT2D eigenvalue weighted by molar-refractivity contribution is -0.141. The molecule has 2 fully saturated rings. The van der Waals surface area contributed by atoms with Crippen LogP contribution in [0.4, 0.5) is 4.79 Å². The van der Waals surface area contributed by atoms with Crippen LogP contribution in [-0.2, 0) is 9.59 Å². The van der Waals surface area contributed by atoms with Gasteiger partial charge < -0.3 is 10.1 Å². The van der Waals surface area contributed by atoms with Gasteiger partial charge in [-0.15, -0.1) is 0 Å². The van der Waals surface area contributed by atoms with Gasteiger partial charge in [0.2, 0.25) is 0 Å². The molecule has 1 N–H and O–H groups in total. The summed E-state index contributed by atoms with van der Waals surface area (Å²) in [6.45, 7) is 1.72. The molecule has 128 valence electrons. The van der Waals surface area contributed by atoms with E-state index in [1.807, 2.05) is 0 Å². The van der Waals surface area contributed by atoms with Crippen LogP contribution in [0.25, 0.3) is 0 Å². The first-order valence-electron chi connectivity index (χ1n) is 8.00. The Morgan fingerprint density at radius 1 is 1.38 bits per heavy atom. The molecule has 1 aromatic rings. The highest BCUT2D eigenvalue weighted by atomic mass is 35.5. The molecule has 1 aliphatic carbocycles. The van der Waals surface area contributed by atoms with Gasteiger partial charge in [0.05, 0.1) is 0 Å². The van der Waals surface area contributed by atoms with Crippen molar-refractivity contribution in [2.75, 3.05) is 6.54 Å². The molecule has 0 unspecified atom stereocenters. The maximum Gasteiger partial charge on any atom is 0.331 e. The normalized spacial score (nSPS) is 26.6. The van der Waals surface area contributed by atoms with Crippen LogP contribution in [0.5, 0.6) is 5.75 Å². The minimum atomic E-state index is -0.847. The predicted octanol–water partition coefficient (Wildman–Crippen LogP) is 2.75. The van der Waals surface area contributed by atoms with E-state index in [0.717, 1.165) is 17.7 Å². The molecule has 1 saturated carbocycles. The first-order valence-corrected chi connectivity index (χ1v) is 8.38. The van der Waals surface area contributed by atoms with Gasteiger partial charge in [-0.2, -0.15) is 0 Å². The van der Waals surface area contributed by atoms with Crippen LogP contribution in [0.3, 0.4) is 0 Å². The minimum Gasteiger partial charge on any atom is -0.425 e. The summed E-state index contributed by atoms with van der Waals surface area (Å²) in [6.07, 6.45) is 2.98. The molecule has 0 atom stereocenters. The average Bonchev–Trinajstić information content (AvgIpc) is 2.75. The zero-order chi connectivity index (χ0) is 17.3. The molecule has 1 spiro atoms. The van der Waals surface area contributed by atoms with E-state index in [1.54, 1.807) is 18.2 Å². The van der Waals surface area contributed by atoms with Gasteiger partial charge in [0.25, 0.3) is 5.91 Å². The number of urea groups is 1. The molecule has 0 aromatic heterocycles. The number of ether oxygens (including phenoxy) is 1. The van der Waals surface area contributed by atoms with Gasteiger partial charge in [0.15, 0.2) is 0 Å². The summed E-state index contributed by atoms with van der Waals surface area (Å²) in [4.78, 5) is 37.8. The van der Waals surface area contributed by atoms with Crippen molar-refractivity contribution in [3.05, 3.63) is 29.3 Å². The van der Waals surface area contributed by atoms with E-state index in [4.69, 9.17) is 16.3 Å². The zero-order valence-electron chi connectivity index (χ0n) is 13.4. The van der Waals surface area contributed by atoms with E-state index in [9.17, 15) is 14.4 Å². The van der Waals surface area contributed by atoms with Crippen molar-refractivity contribution in [3.63, 3.8) is 0 Å². The zero-order valence-corrected chi connectivity index (χ0v) is 14.1. The second-order valence-electron chi connectivity index (χ2n) is 6.52. The van der Waals surface area contributed by atoms with Crippen molar-refractivity contribution in [1.29, 1.82) is 0 Å². The first kappa shape index (κ1) is 16.8. The maximum absolute atomic E-state index is 12.7. The van der Waals surface area contributed by atoms with Crippen LogP contribution < -0.4 is 10.1 Å². The number of halogens is 1. The number of imide groups is 1. The van der Waals surface area contributed by atoms with Crippen molar-refractivity contribution in [2.24, 2.45) is 5.92 Å². The Morgan fingerprint density at radius 2 is 2.08 bits per heavy atom. The lowest BCUT2D eigenvalue weighted by Gasteiger charge is -2.33. The van der Waals surface area contributed by atoms with E-state index in [0.29, 0.717) is 23.8 Å². The van der Waals surface area contributed by atoms with Crippen LogP contribution in [0.2, 0.25) is 5.02 Å². The van der Waals surface area contributed by atoms with Crippen LogP contribution in [0.15, 0.2) is 24.3 Å². The number of hydrogen-bond donors (Lipinski definition) is 1. The Balaban J connectivity index is 1.65. The van der Waals surface area contributed by atoms with Crippen LogP contribution in [-0.4, -0.2) is 34.9 Å². The van der Waals surface area contributed by atoms with Gasteiger partial charge in [0, 0.05) is 5.02 Å². The van der Waals surface area contributed by atoms with Gasteiger partial charge in [-0.3, -0.25) is 9.69 Å². The maximum atomic E-state index is 12.7. The van der Waals surface area contributed by atoms with E-state index < -0.39 is 24.1 Å². The molecule has 0 bridgehead atoms. The third-order valence-electron chi connectivity index (χ3n) is 4.69. The minimum absolute atomic E-state index is 0.278. The van der Waals surface area contributed by atoms with Gasteiger partial charge >= 0.3 is 12.0 Å². The predicted molar refractivity (Wildman–Crippen MR) is 87.7 cm³/mol. The van der Waals surface area contributed by atoms with Crippen LogP contribution in [0.1, 0.15) is 32.6 Å². The molecule has 24 heavy (non-hydrogen) atoms. The summed E-state index contributed by atoms with van der Waals surface area (Å²) in [5.41, 5.74) is -0.847. The number of hydrogen-bond acceptors (Lipinski definition) is 4. The standard InChI is InChI=1S/C17H19ClN2O4/c1-11-5-7-17(8-6-11)15(22)20(16(23)19-17)10-14(21)24-13-4-2-3-12(18)9-13/h2-4,9,11H,5-8,10H2,1H3,(H,19,23). The molecule has 7 heteroatoms. The van der Waals surface area contributed by atoms with Crippen molar-refractivity contribution in [3.8, 4) is 5.75 Å². The number of carbonyl (C=O) groups excluding carboxylic acids is 3. The van der Waals surface area contributed by atoms with Gasteiger partial charge in [-0.25, -0.2) is 9.59 Å². The Hall–Kier alpha value is -2.08. The number of rotatable bonds is 3. The quantitative estimate of drug-likeness (QED) is 0.516. The summed E-state index contributed by atoms with van der Waals surface area (Å²) >= 11 is 5.83. The smallest absolute Gasteiger partial charge is 0.331 e. The molecule has 3 amide bonds. The fourth-order valence-corrected chi connectivity index (χ4v) is 3.42. The fourth-order valence-electron chi connectivity index (χ4n) is 3.24. The first-order chi connectivity index (χ1) is 11.4. The Kier molecular flexibility index (Phi) is 4.49. The SMILES string of the molecule is CC1CCC2(CC1)NC(=O)N(CC(=O)Oc1cccc(Cl)c1)C2=O. The molecule has 2 aliphatic rings. The molecule has 1 heterocycles. The third kappa shape index (κ3) is 3.24. The summed E-state index contributed by atoms with van der Waals surface area (Å²) in [5, 5.41) is 3.21. The summed E-state index contributed by atoms with van der Waals surface area (Å²) in [7, 11) is 0. The van der Waals surface area contributed by atoms with Gasteiger partial charge in [-0.05, 0) is 49.8 Å². The van der Waals surface area contributed by atoms with Crippen molar-refractivity contribution in [1.82, 2.24) is 10.2 Å². The molecule has 3 rings (SSSR count). The number of nitrogens with zero attached hydrogens (tertiary/aromatic N) is 1. The number of benzene rings is 1. The van der Waals surface area contributed by atoms with E-state index in [1.165, 1.54) is 6.07 Å². The number of nitrogens with one attached hydrogen (secondary N) is 1. The number of amides is 3. The average molecular weight is 351 g/mol. The van der Waals surface area contributed by atoms with E-state index in [-0.39, 0.29) is 11.7 Å². The van der Waals surface area contributed by atoms with Gasteiger partial charge in [0.1, 0.15) is 17.8 Å². The number of esters is 1. The molecular formula is C17H19ClN2O4. The molecule has 6 nitrogen and oxygen atoms in total. The topological polar surface area (TPSA) is 75.7 Å². The second-order valence-corrected chi connectivity index (χ2v) is 6.95. The van der Waals surface area contributed by atoms with Crippen molar-refractivity contribution in [2.45, 2.75) is 38.1 Å². The van der Waals surface area contributed by atoms with Crippen LogP contribution in [0, 0.1) is 5.92 Å². The van der Waals surface area contributed by atoms with E-state index in [2.05, 4.69) is 12.2 Å². The lowest BCUT2D eigenvalue weighted by atomic mass is 9.77. The Bertz CT molecular complexity index is 683. The second kappa shape index (κ2) is 6.43. The Labute approximate surface area is 145 Å². The van der Waals surface area contributed by atoms with Crippen LogP contribution >= 0.6 is 11.6 Å². The van der Waals surface area contributed by atoms with Gasteiger partial charge in [-0.1, -0.05) is 24.6 Å². The highest BCUT2D eigenvalue weighted by Gasteiger charge is 2.52. The molecule has 1 aliphatic heterocycles. The third-order valence-corrected chi connectivity index (χ3v) is 4.92. The highest BCUT2D eigenvalue weighted by Crippen LogP contribution is 2.36. The molecular weight excluding hydrogens is 332 g/mol. The molecule has 0 radical (unpaired) electrons. The van der Waals surface area contributed by atoms with Crippen molar-refractivity contribution < 1.29 is 19.1 Å². The Morgan fingerprint density at radius 3 is 2.75 bits per heavy atom. The summed E-state index contributed by atoms with van der Waals surface area (Å²) in [5.74, 6) is -0.188. The fraction of sp³-hybridized carbons (Fsp3) is 0.471. The van der Waals surface area contributed by atoms with Crippen molar-refractivity contribution >= 4 is 29.5 Å². The summed E-state index contributed by atoms with van der Waals surface area (Å²) in [6, 6.07) is 5.85. The van der Waals surface area contributed by atoms with E-state index >= 15 is 0 Å². The largest absolute Gasteiger partial charge is 0.425 e. The monoisotopic (exact) mass is 350 g/mol. The lowest BCUT2D eigenvalue weighted by Crippen LogP contribution is -2.49. The summed E-state index contributed by atoms with van der Waals surface area (Å²) < 4.78 is 5.15.